The van der Waals surface area contributed by atoms with E-state index in [4.69, 9.17) is 0 Å². The second kappa shape index (κ2) is 5.79. The topological polar surface area (TPSA) is 92.6 Å². The summed E-state index contributed by atoms with van der Waals surface area (Å²) in [5, 5.41) is 15.5. The van der Waals surface area contributed by atoms with Crippen molar-refractivity contribution in [3.05, 3.63) is 36.4 Å². The number of benzene rings is 1. The normalized spacial score (nSPS) is 18.4. The number of likely N-dealkylation sites (tertiary alicyclic amines) is 1. The van der Waals surface area contributed by atoms with Gasteiger partial charge >= 0.3 is 0 Å². The molecule has 1 fully saturated rings. The number of aromatic nitrogens is 6. The summed E-state index contributed by atoms with van der Waals surface area (Å²) in [5.41, 5.74) is 1.61. The molecule has 3 aromatic rings. The SMILES string of the molecule is O=C(Cn1nc2ccccc2n1)N1CCCC(c2ncn[nH]2)C1. The summed E-state index contributed by atoms with van der Waals surface area (Å²) in [5.74, 6) is 1.11. The average molecular weight is 311 g/mol. The number of hydrogen-bond donors (Lipinski definition) is 1. The molecule has 23 heavy (non-hydrogen) atoms. The van der Waals surface area contributed by atoms with Crippen molar-refractivity contribution in [3.63, 3.8) is 0 Å². The van der Waals surface area contributed by atoms with E-state index >= 15 is 0 Å². The van der Waals surface area contributed by atoms with Gasteiger partial charge in [0.2, 0.25) is 5.91 Å². The van der Waals surface area contributed by atoms with Gasteiger partial charge in [0, 0.05) is 19.0 Å². The highest BCUT2D eigenvalue weighted by Crippen LogP contribution is 2.24. The predicted octanol–water partition coefficient (Wildman–Crippen LogP) is 0.956. The van der Waals surface area contributed by atoms with Gasteiger partial charge in [0.15, 0.2) is 0 Å². The Balaban J connectivity index is 1.45. The Morgan fingerprint density at radius 3 is 2.74 bits per heavy atom. The molecule has 0 radical (unpaired) electrons. The third-order valence-corrected chi connectivity index (χ3v) is 4.20. The standard InChI is InChI=1S/C15H17N7O/c23-14(9-22-19-12-5-1-2-6-13(12)20-22)21-7-3-4-11(8-21)15-16-10-17-18-15/h1-2,5-6,10-11H,3-4,7-9H2,(H,16,17,18). The Morgan fingerprint density at radius 1 is 1.26 bits per heavy atom. The highest BCUT2D eigenvalue weighted by molar-refractivity contribution is 5.77. The Kier molecular flexibility index (Phi) is 3.49. The maximum atomic E-state index is 12.5. The van der Waals surface area contributed by atoms with E-state index in [1.807, 2.05) is 29.2 Å². The monoisotopic (exact) mass is 311 g/mol. The fourth-order valence-electron chi connectivity index (χ4n) is 3.03. The summed E-state index contributed by atoms with van der Waals surface area (Å²) < 4.78 is 0. The Bertz CT molecular complexity index is 777. The van der Waals surface area contributed by atoms with Gasteiger partial charge in [0.05, 0.1) is 0 Å². The minimum atomic E-state index is 0.0366. The van der Waals surface area contributed by atoms with E-state index in [1.54, 1.807) is 0 Å². The van der Waals surface area contributed by atoms with Crippen LogP contribution in [0.5, 0.6) is 0 Å². The zero-order chi connectivity index (χ0) is 15.6. The molecule has 1 aliphatic heterocycles. The van der Waals surface area contributed by atoms with Crippen LogP contribution < -0.4 is 0 Å². The summed E-state index contributed by atoms with van der Waals surface area (Å²) in [4.78, 5) is 20.1. The summed E-state index contributed by atoms with van der Waals surface area (Å²) in [7, 11) is 0. The summed E-state index contributed by atoms with van der Waals surface area (Å²) >= 11 is 0. The number of carbonyl (C=O) groups excluding carboxylic acids is 1. The fraction of sp³-hybridized carbons (Fsp3) is 0.400. The quantitative estimate of drug-likeness (QED) is 0.777. The lowest BCUT2D eigenvalue weighted by molar-refractivity contribution is -0.133. The summed E-state index contributed by atoms with van der Waals surface area (Å²) in [6, 6.07) is 7.61. The first-order valence-electron chi connectivity index (χ1n) is 7.72. The van der Waals surface area contributed by atoms with E-state index in [0.29, 0.717) is 6.54 Å². The van der Waals surface area contributed by atoms with Gasteiger partial charge in [0.1, 0.15) is 29.7 Å². The van der Waals surface area contributed by atoms with Crippen molar-refractivity contribution in [1.82, 2.24) is 35.1 Å². The molecule has 0 spiro atoms. The van der Waals surface area contributed by atoms with Crippen LogP contribution in [0.15, 0.2) is 30.6 Å². The van der Waals surface area contributed by atoms with E-state index in [0.717, 1.165) is 36.2 Å². The van der Waals surface area contributed by atoms with Crippen molar-refractivity contribution in [1.29, 1.82) is 0 Å². The zero-order valence-electron chi connectivity index (χ0n) is 12.6. The van der Waals surface area contributed by atoms with E-state index in [9.17, 15) is 4.79 Å². The number of nitrogens with one attached hydrogen (secondary N) is 1. The molecule has 0 bridgehead atoms. The number of amides is 1. The largest absolute Gasteiger partial charge is 0.340 e. The van der Waals surface area contributed by atoms with Crippen molar-refractivity contribution >= 4 is 16.9 Å². The Hall–Kier alpha value is -2.77. The molecule has 0 aliphatic carbocycles. The third-order valence-electron chi connectivity index (χ3n) is 4.20. The highest BCUT2D eigenvalue weighted by atomic mass is 16.2. The van der Waals surface area contributed by atoms with Gasteiger partial charge in [-0.05, 0) is 25.0 Å². The maximum Gasteiger partial charge on any atom is 0.246 e. The van der Waals surface area contributed by atoms with Gasteiger partial charge < -0.3 is 4.90 Å². The molecule has 1 unspecified atom stereocenters. The van der Waals surface area contributed by atoms with Crippen molar-refractivity contribution in [2.45, 2.75) is 25.3 Å². The molecule has 1 aliphatic rings. The van der Waals surface area contributed by atoms with Crippen molar-refractivity contribution in [3.8, 4) is 0 Å². The van der Waals surface area contributed by atoms with Crippen LogP contribution in [0.4, 0.5) is 0 Å². The van der Waals surface area contributed by atoms with Crippen LogP contribution in [0.25, 0.3) is 11.0 Å². The number of carbonyl (C=O) groups is 1. The molecular weight excluding hydrogens is 294 g/mol. The van der Waals surface area contributed by atoms with Gasteiger partial charge in [-0.3, -0.25) is 9.89 Å². The van der Waals surface area contributed by atoms with Gasteiger partial charge in [-0.2, -0.15) is 20.1 Å². The molecule has 8 heteroatoms. The van der Waals surface area contributed by atoms with Gasteiger partial charge in [-0.15, -0.1) is 0 Å². The predicted molar refractivity (Wildman–Crippen MR) is 82.5 cm³/mol. The van der Waals surface area contributed by atoms with Gasteiger partial charge in [-0.25, -0.2) is 4.98 Å². The number of hydrogen-bond acceptors (Lipinski definition) is 5. The lowest BCUT2D eigenvalue weighted by Crippen LogP contribution is -2.41. The molecule has 1 N–H and O–H groups in total. The molecule has 1 atom stereocenters. The first-order valence-corrected chi connectivity index (χ1v) is 7.72. The molecule has 2 aromatic heterocycles. The third kappa shape index (κ3) is 2.79. The van der Waals surface area contributed by atoms with Crippen LogP contribution in [0.2, 0.25) is 0 Å². The molecule has 3 heterocycles. The lowest BCUT2D eigenvalue weighted by atomic mass is 9.97. The van der Waals surface area contributed by atoms with E-state index in [2.05, 4.69) is 25.4 Å². The highest BCUT2D eigenvalue weighted by Gasteiger charge is 2.26. The molecule has 4 rings (SSSR count). The van der Waals surface area contributed by atoms with Crippen LogP contribution in [0.1, 0.15) is 24.6 Å². The summed E-state index contributed by atoms with van der Waals surface area (Å²) in [6.07, 6.45) is 3.49. The van der Waals surface area contributed by atoms with Crippen molar-refractivity contribution in [2.24, 2.45) is 0 Å². The smallest absolute Gasteiger partial charge is 0.246 e. The van der Waals surface area contributed by atoms with Gasteiger partial charge in [-0.1, -0.05) is 12.1 Å². The van der Waals surface area contributed by atoms with Crippen LogP contribution in [0, 0.1) is 0 Å². The van der Waals surface area contributed by atoms with E-state index in [1.165, 1.54) is 11.1 Å². The Morgan fingerprint density at radius 2 is 2.04 bits per heavy atom. The number of aromatic amines is 1. The Labute approximate surface area is 132 Å². The van der Waals surface area contributed by atoms with E-state index < -0.39 is 0 Å². The maximum absolute atomic E-state index is 12.5. The van der Waals surface area contributed by atoms with Gasteiger partial charge in [0.25, 0.3) is 0 Å². The van der Waals surface area contributed by atoms with Crippen molar-refractivity contribution in [2.75, 3.05) is 13.1 Å². The minimum Gasteiger partial charge on any atom is -0.340 e. The average Bonchev–Trinajstić information content (AvgIpc) is 3.24. The number of piperidine rings is 1. The molecule has 1 saturated heterocycles. The summed E-state index contributed by atoms with van der Waals surface area (Å²) in [6.45, 7) is 1.59. The van der Waals surface area contributed by atoms with Crippen LogP contribution in [-0.4, -0.2) is 54.1 Å². The van der Waals surface area contributed by atoms with Crippen molar-refractivity contribution < 1.29 is 4.79 Å². The molecular formula is C15H17N7O. The second-order valence-electron chi connectivity index (χ2n) is 5.77. The number of H-pyrrole nitrogens is 1. The first kappa shape index (κ1) is 13.9. The number of rotatable bonds is 3. The van der Waals surface area contributed by atoms with E-state index in [-0.39, 0.29) is 18.4 Å². The lowest BCUT2D eigenvalue weighted by Gasteiger charge is -2.31. The molecule has 8 nitrogen and oxygen atoms in total. The first-order chi connectivity index (χ1) is 11.3. The molecule has 1 amide bonds. The number of fused-ring (bicyclic) bond motifs is 1. The van der Waals surface area contributed by atoms with Crippen LogP contribution in [-0.2, 0) is 11.3 Å². The fourth-order valence-corrected chi connectivity index (χ4v) is 3.03. The minimum absolute atomic E-state index is 0.0366. The molecule has 118 valence electrons. The van der Waals surface area contributed by atoms with Crippen LogP contribution in [0.3, 0.4) is 0 Å². The number of nitrogens with zero attached hydrogens (tertiary/aromatic N) is 6. The molecule has 1 aromatic carbocycles. The second-order valence-corrected chi connectivity index (χ2v) is 5.77. The zero-order valence-corrected chi connectivity index (χ0v) is 12.6. The van der Waals surface area contributed by atoms with Crippen LogP contribution >= 0.6 is 0 Å². The molecule has 0 saturated carbocycles.